The van der Waals surface area contributed by atoms with E-state index in [4.69, 9.17) is 9.47 Å². The second-order valence-electron chi connectivity index (χ2n) is 8.31. The predicted molar refractivity (Wildman–Crippen MR) is 131 cm³/mol. The average Bonchev–Trinajstić information content (AvgIpc) is 3.14. The minimum atomic E-state index is -0.865. The van der Waals surface area contributed by atoms with Gasteiger partial charge >= 0.3 is 5.97 Å². The lowest BCUT2D eigenvalue weighted by molar-refractivity contribution is -0.132. The number of carbonyl (C=O) groups excluding carboxylic acids is 3. The molecule has 3 aromatic carbocycles. The van der Waals surface area contributed by atoms with Gasteiger partial charge in [-0.1, -0.05) is 42.5 Å². The first kappa shape index (κ1) is 23.8. The first-order chi connectivity index (χ1) is 16.8. The number of carbonyl (C=O) groups is 3. The highest BCUT2D eigenvalue weighted by molar-refractivity contribution is 6.51. The highest BCUT2D eigenvalue weighted by atomic mass is 16.5. The fraction of sp³-hybridized carbons (Fsp3) is 0.179. The van der Waals surface area contributed by atoms with E-state index in [1.165, 1.54) is 12.0 Å². The molecule has 35 heavy (non-hydrogen) atoms. The first-order valence-electron chi connectivity index (χ1n) is 11.1. The fourth-order valence-electron chi connectivity index (χ4n) is 4.02. The average molecular weight is 472 g/mol. The molecule has 1 amide bonds. The molecule has 1 unspecified atom stereocenters. The van der Waals surface area contributed by atoms with Crippen LogP contribution in [-0.2, 0) is 14.3 Å². The summed E-state index contributed by atoms with van der Waals surface area (Å²) in [7, 11) is 1.50. The van der Waals surface area contributed by atoms with Gasteiger partial charge in [0.15, 0.2) is 0 Å². The summed E-state index contributed by atoms with van der Waals surface area (Å²) < 4.78 is 10.5. The quantitative estimate of drug-likeness (QED) is 0.238. The standard InChI is InChI=1S/C28H25NO6/c1-17(2)35-28(33)19-12-14-21(15-13-19)29-24(18-8-5-4-6-9-18)23(26(31)27(29)32)25(30)20-10-7-11-22(16-20)34-3/h4-17,24,30H,1-3H3/b25-23+. The Bertz CT molecular complexity index is 1290. The van der Waals surface area contributed by atoms with Crippen LogP contribution in [0.3, 0.4) is 0 Å². The Morgan fingerprint density at radius 1 is 0.914 bits per heavy atom. The number of aliphatic hydroxyl groups excluding tert-OH is 1. The topological polar surface area (TPSA) is 93.1 Å². The van der Waals surface area contributed by atoms with E-state index >= 15 is 0 Å². The van der Waals surface area contributed by atoms with Gasteiger partial charge in [-0.25, -0.2) is 4.79 Å². The van der Waals surface area contributed by atoms with Crippen molar-refractivity contribution in [1.82, 2.24) is 0 Å². The molecule has 1 aliphatic heterocycles. The van der Waals surface area contributed by atoms with Gasteiger partial charge in [-0.05, 0) is 55.8 Å². The maximum Gasteiger partial charge on any atom is 0.338 e. The lowest BCUT2D eigenvalue weighted by Gasteiger charge is -2.25. The minimum absolute atomic E-state index is 0.0299. The Balaban J connectivity index is 1.82. The number of rotatable bonds is 6. The molecule has 1 saturated heterocycles. The highest BCUT2D eigenvalue weighted by Crippen LogP contribution is 2.42. The molecule has 178 valence electrons. The molecule has 0 saturated carbocycles. The summed E-state index contributed by atoms with van der Waals surface area (Å²) in [6, 6.07) is 21.0. The van der Waals surface area contributed by atoms with Gasteiger partial charge in [0.2, 0.25) is 0 Å². The molecule has 1 aliphatic rings. The number of nitrogens with zero attached hydrogens (tertiary/aromatic N) is 1. The maximum atomic E-state index is 13.2. The van der Waals surface area contributed by atoms with Gasteiger partial charge < -0.3 is 14.6 Å². The largest absolute Gasteiger partial charge is 0.507 e. The summed E-state index contributed by atoms with van der Waals surface area (Å²) in [5.74, 6) is -1.85. The Labute approximate surface area is 203 Å². The molecular formula is C28H25NO6. The van der Waals surface area contributed by atoms with Crippen molar-refractivity contribution < 1.29 is 29.0 Å². The van der Waals surface area contributed by atoms with Crippen LogP contribution in [0.15, 0.2) is 84.4 Å². The number of benzene rings is 3. The van der Waals surface area contributed by atoms with Crippen molar-refractivity contribution in [3.05, 3.63) is 101 Å². The smallest absolute Gasteiger partial charge is 0.338 e. The summed E-state index contributed by atoms with van der Waals surface area (Å²) in [6.45, 7) is 3.52. The second-order valence-corrected chi connectivity index (χ2v) is 8.31. The Hall–Kier alpha value is -4.39. The van der Waals surface area contributed by atoms with E-state index in [2.05, 4.69) is 0 Å². The maximum absolute atomic E-state index is 13.2. The van der Waals surface area contributed by atoms with Gasteiger partial charge in [-0.3, -0.25) is 14.5 Å². The van der Waals surface area contributed by atoms with Crippen LogP contribution in [0.5, 0.6) is 5.75 Å². The van der Waals surface area contributed by atoms with Crippen molar-refractivity contribution in [2.75, 3.05) is 12.0 Å². The predicted octanol–water partition coefficient (Wildman–Crippen LogP) is 4.89. The SMILES string of the molecule is COc1cccc(/C(O)=C2\C(=O)C(=O)N(c3ccc(C(=O)OC(C)C)cc3)C2c2ccccc2)c1. The summed E-state index contributed by atoms with van der Waals surface area (Å²) >= 11 is 0. The summed E-state index contributed by atoms with van der Waals surface area (Å²) in [4.78, 5) is 40.0. The van der Waals surface area contributed by atoms with E-state index in [1.807, 2.05) is 6.07 Å². The normalized spacial score (nSPS) is 17.0. The minimum Gasteiger partial charge on any atom is -0.507 e. The molecule has 0 aliphatic carbocycles. The van der Waals surface area contributed by atoms with Crippen molar-refractivity contribution >= 4 is 29.1 Å². The van der Waals surface area contributed by atoms with E-state index < -0.39 is 23.7 Å². The number of hydrogen-bond donors (Lipinski definition) is 1. The molecule has 3 aromatic rings. The molecule has 1 atom stereocenters. The summed E-state index contributed by atoms with van der Waals surface area (Å²) in [6.07, 6.45) is -0.269. The number of anilines is 1. The number of ether oxygens (including phenoxy) is 2. The molecule has 0 bridgehead atoms. The van der Waals surface area contributed by atoms with E-state index in [1.54, 1.807) is 86.6 Å². The molecule has 1 fully saturated rings. The van der Waals surface area contributed by atoms with Gasteiger partial charge in [-0.15, -0.1) is 0 Å². The zero-order valence-electron chi connectivity index (χ0n) is 19.6. The van der Waals surface area contributed by atoms with Crippen LogP contribution in [-0.4, -0.2) is 36.0 Å². The first-order valence-corrected chi connectivity index (χ1v) is 11.1. The van der Waals surface area contributed by atoms with E-state index in [0.29, 0.717) is 28.1 Å². The summed E-state index contributed by atoms with van der Waals surface area (Å²) in [5, 5.41) is 11.2. The fourth-order valence-corrected chi connectivity index (χ4v) is 4.02. The van der Waals surface area contributed by atoms with Crippen LogP contribution in [0.4, 0.5) is 5.69 Å². The van der Waals surface area contributed by atoms with Crippen molar-refractivity contribution in [2.45, 2.75) is 26.0 Å². The van der Waals surface area contributed by atoms with Crippen molar-refractivity contribution in [3.8, 4) is 5.75 Å². The van der Waals surface area contributed by atoms with E-state index in [9.17, 15) is 19.5 Å². The van der Waals surface area contributed by atoms with Gasteiger partial charge in [0, 0.05) is 11.3 Å². The zero-order valence-corrected chi connectivity index (χ0v) is 19.6. The number of methoxy groups -OCH3 is 1. The van der Waals surface area contributed by atoms with Crippen LogP contribution in [0.25, 0.3) is 5.76 Å². The highest BCUT2D eigenvalue weighted by Gasteiger charge is 2.47. The molecule has 0 radical (unpaired) electrons. The molecule has 0 aromatic heterocycles. The Morgan fingerprint density at radius 3 is 2.23 bits per heavy atom. The molecule has 1 heterocycles. The van der Waals surface area contributed by atoms with E-state index in [0.717, 1.165) is 0 Å². The van der Waals surface area contributed by atoms with Crippen molar-refractivity contribution in [2.24, 2.45) is 0 Å². The molecule has 4 rings (SSSR count). The lowest BCUT2D eigenvalue weighted by atomic mass is 9.95. The molecular weight excluding hydrogens is 446 g/mol. The van der Waals surface area contributed by atoms with Gasteiger partial charge in [0.25, 0.3) is 11.7 Å². The second kappa shape index (κ2) is 9.85. The van der Waals surface area contributed by atoms with Crippen molar-refractivity contribution in [3.63, 3.8) is 0 Å². The van der Waals surface area contributed by atoms with Gasteiger partial charge in [-0.2, -0.15) is 0 Å². The number of aliphatic hydroxyl groups is 1. The number of esters is 1. The number of ketones is 1. The molecule has 1 N–H and O–H groups in total. The van der Waals surface area contributed by atoms with Crippen molar-refractivity contribution in [1.29, 1.82) is 0 Å². The van der Waals surface area contributed by atoms with E-state index in [-0.39, 0.29) is 17.4 Å². The van der Waals surface area contributed by atoms with Crippen LogP contribution in [0.2, 0.25) is 0 Å². The number of Topliss-reactive ketones (excluding diaryl/α,β-unsaturated/α-hetero) is 1. The summed E-state index contributed by atoms with van der Waals surface area (Å²) in [5.41, 5.74) is 1.71. The van der Waals surface area contributed by atoms with Gasteiger partial charge in [0.1, 0.15) is 11.5 Å². The number of hydrogen-bond acceptors (Lipinski definition) is 6. The Morgan fingerprint density at radius 2 is 1.60 bits per heavy atom. The monoisotopic (exact) mass is 471 g/mol. The van der Waals surface area contributed by atoms with Crippen LogP contribution >= 0.6 is 0 Å². The van der Waals surface area contributed by atoms with Gasteiger partial charge in [0.05, 0.1) is 30.4 Å². The molecule has 7 nitrogen and oxygen atoms in total. The zero-order chi connectivity index (χ0) is 25.1. The van der Waals surface area contributed by atoms with Crippen LogP contribution < -0.4 is 9.64 Å². The van der Waals surface area contributed by atoms with Crippen LogP contribution in [0, 0.1) is 0 Å². The molecule has 7 heteroatoms. The third-order valence-electron chi connectivity index (χ3n) is 5.63. The third-order valence-corrected chi connectivity index (χ3v) is 5.63. The van der Waals surface area contributed by atoms with Crippen LogP contribution in [0.1, 0.15) is 41.4 Å². The Kier molecular flexibility index (Phi) is 6.68. The molecule has 0 spiro atoms. The third kappa shape index (κ3) is 4.66. The lowest BCUT2D eigenvalue weighted by Crippen LogP contribution is -2.29. The number of amides is 1.